The Bertz CT molecular complexity index is 220. The van der Waals surface area contributed by atoms with Gasteiger partial charge in [-0.25, -0.2) is 8.78 Å². The zero-order valence-electron chi connectivity index (χ0n) is 10.7. The van der Waals surface area contributed by atoms with Gasteiger partial charge in [-0.2, -0.15) is 0 Å². The molecule has 0 nitrogen and oxygen atoms in total. The molecule has 0 saturated heterocycles. The minimum Gasteiger partial charge on any atom is -0.248 e. The standard InChI is InChI=1S/C13H23BrF2/c1-5-13(6-2,7-3)8-11(10(4)14)12(16)9-15/h12H,5-9H2,1-4H3/b11-10-/t12-/m1/s1. The second-order valence-electron chi connectivity index (χ2n) is 4.42. The molecule has 16 heavy (non-hydrogen) atoms. The maximum Gasteiger partial charge on any atom is 0.150 e. The first kappa shape index (κ1) is 16.1. The molecule has 0 aliphatic carbocycles. The Balaban J connectivity index is 4.94. The third kappa shape index (κ3) is 4.15. The van der Waals surface area contributed by atoms with Gasteiger partial charge in [-0.1, -0.05) is 56.0 Å². The van der Waals surface area contributed by atoms with Crippen LogP contribution in [0.25, 0.3) is 0 Å². The fourth-order valence-corrected chi connectivity index (χ4v) is 2.46. The first-order valence-electron chi connectivity index (χ1n) is 6.01. The first-order valence-corrected chi connectivity index (χ1v) is 6.80. The molecule has 0 amide bonds. The summed E-state index contributed by atoms with van der Waals surface area (Å²) >= 11 is 3.30. The lowest BCUT2D eigenvalue weighted by atomic mass is 9.74. The predicted molar refractivity (Wildman–Crippen MR) is 70.4 cm³/mol. The average Bonchev–Trinajstić information content (AvgIpc) is 2.30. The van der Waals surface area contributed by atoms with Gasteiger partial charge < -0.3 is 0 Å². The zero-order valence-corrected chi connectivity index (χ0v) is 12.3. The number of allylic oxidation sites excluding steroid dienone is 2. The Hall–Kier alpha value is 0.0800. The van der Waals surface area contributed by atoms with Gasteiger partial charge in [0.15, 0.2) is 6.17 Å². The number of rotatable bonds is 7. The molecule has 0 N–H and O–H groups in total. The Morgan fingerprint density at radius 3 is 1.88 bits per heavy atom. The maximum absolute atomic E-state index is 13.5. The van der Waals surface area contributed by atoms with Crippen molar-refractivity contribution < 1.29 is 8.78 Å². The van der Waals surface area contributed by atoms with Gasteiger partial charge in [0.25, 0.3) is 0 Å². The minimum atomic E-state index is -1.46. The normalized spacial score (nSPS) is 15.9. The van der Waals surface area contributed by atoms with Crippen LogP contribution in [0.2, 0.25) is 0 Å². The Morgan fingerprint density at radius 1 is 1.19 bits per heavy atom. The molecule has 1 atom stereocenters. The van der Waals surface area contributed by atoms with Crippen molar-refractivity contribution in [1.82, 2.24) is 0 Å². The van der Waals surface area contributed by atoms with Gasteiger partial charge in [0.05, 0.1) is 0 Å². The molecular weight excluding hydrogens is 274 g/mol. The fraction of sp³-hybridized carbons (Fsp3) is 0.846. The summed E-state index contributed by atoms with van der Waals surface area (Å²) in [4.78, 5) is 0. The third-order valence-corrected chi connectivity index (χ3v) is 4.28. The minimum absolute atomic E-state index is 0.115. The van der Waals surface area contributed by atoms with Crippen molar-refractivity contribution in [1.29, 1.82) is 0 Å². The van der Waals surface area contributed by atoms with Gasteiger partial charge in [0.2, 0.25) is 0 Å². The predicted octanol–water partition coefficient (Wildman–Crippen LogP) is 5.57. The highest BCUT2D eigenvalue weighted by atomic mass is 79.9. The van der Waals surface area contributed by atoms with Crippen molar-refractivity contribution >= 4 is 15.9 Å². The van der Waals surface area contributed by atoms with E-state index in [9.17, 15) is 8.78 Å². The van der Waals surface area contributed by atoms with Crippen LogP contribution >= 0.6 is 15.9 Å². The summed E-state index contributed by atoms with van der Waals surface area (Å²) in [6.45, 7) is 7.24. The van der Waals surface area contributed by atoms with E-state index in [1.54, 1.807) is 6.92 Å². The van der Waals surface area contributed by atoms with Crippen LogP contribution < -0.4 is 0 Å². The number of halogens is 3. The molecule has 0 radical (unpaired) electrons. The van der Waals surface area contributed by atoms with Crippen molar-refractivity contribution in [3.05, 3.63) is 10.1 Å². The summed E-state index contributed by atoms with van der Waals surface area (Å²) < 4.78 is 26.7. The van der Waals surface area contributed by atoms with Crippen LogP contribution in [0.1, 0.15) is 53.4 Å². The van der Waals surface area contributed by atoms with Gasteiger partial charge in [0, 0.05) is 0 Å². The summed E-state index contributed by atoms with van der Waals surface area (Å²) in [7, 11) is 0. The van der Waals surface area contributed by atoms with Crippen molar-refractivity contribution in [3.8, 4) is 0 Å². The highest BCUT2D eigenvalue weighted by Crippen LogP contribution is 2.40. The molecule has 0 fully saturated rings. The molecule has 0 spiro atoms. The van der Waals surface area contributed by atoms with E-state index in [4.69, 9.17) is 0 Å². The van der Waals surface area contributed by atoms with Crippen LogP contribution in [0, 0.1) is 5.41 Å². The Kier molecular flexibility index (Phi) is 7.45. The van der Waals surface area contributed by atoms with Crippen LogP contribution in [-0.2, 0) is 0 Å². The summed E-state index contributed by atoms with van der Waals surface area (Å²) in [6, 6.07) is 0. The third-order valence-electron chi connectivity index (χ3n) is 3.77. The van der Waals surface area contributed by atoms with E-state index in [0.29, 0.717) is 12.0 Å². The maximum atomic E-state index is 13.5. The second-order valence-corrected chi connectivity index (χ2v) is 5.61. The molecule has 0 unspecified atom stereocenters. The Labute approximate surface area is 107 Å². The molecule has 0 bridgehead atoms. The van der Waals surface area contributed by atoms with E-state index >= 15 is 0 Å². The van der Waals surface area contributed by atoms with Crippen LogP contribution in [0.5, 0.6) is 0 Å². The van der Waals surface area contributed by atoms with Gasteiger partial charge in [-0.15, -0.1) is 0 Å². The highest BCUT2D eigenvalue weighted by molar-refractivity contribution is 9.11. The number of alkyl halides is 2. The lowest BCUT2D eigenvalue weighted by molar-refractivity contribution is 0.218. The molecule has 0 rings (SSSR count). The van der Waals surface area contributed by atoms with Crippen LogP contribution in [0.15, 0.2) is 10.1 Å². The van der Waals surface area contributed by atoms with Crippen molar-refractivity contribution in [2.24, 2.45) is 5.41 Å². The van der Waals surface area contributed by atoms with E-state index in [1.807, 2.05) is 0 Å². The molecule has 0 aromatic rings. The van der Waals surface area contributed by atoms with Crippen molar-refractivity contribution in [3.63, 3.8) is 0 Å². The van der Waals surface area contributed by atoms with Crippen LogP contribution in [-0.4, -0.2) is 12.8 Å². The second kappa shape index (κ2) is 7.41. The molecule has 0 aliphatic rings. The van der Waals surface area contributed by atoms with Crippen LogP contribution in [0.3, 0.4) is 0 Å². The largest absolute Gasteiger partial charge is 0.248 e. The summed E-state index contributed by atoms with van der Waals surface area (Å²) in [6.07, 6.45) is 2.20. The molecule has 0 aromatic heterocycles. The lowest BCUT2D eigenvalue weighted by Gasteiger charge is -2.32. The quantitative estimate of drug-likeness (QED) is 0.576. The average molecular weight is 297 g/mol. The summed E-state index contributed by atoms with van der Waals surface area (Å²) in [5, 5.41) is 0. The van der Waals surface area contributed by atoms with E-state index in [2.05, 4.69) is 36.7 Å². The molecule has 96 valence electrons. The molecule has 3 heteroatoms. The summed E-state index contributed by atoms with van der Waals surface area (Å²) in [5.74, 6) is 0. The van der Waals surface area contributed by atoms with E-state index in [-0.39, 0.29) is 5.41 Å². The molecule has 0 aromatic carbocycles. The number of hydrogen-bond donors (Lipinski definition) is 0. The smallest absolute Gasteiger partial charge is 0.150 e. The van der Waals surface area contributed by atoms with Gasteiger partial charge in [-0.05, 0) is 28.8 Å². The van der Waals surface area contributed by atoms with Crippen molar-refractivity contribution in [2.75, 3.05) is 6.67 Å². The zero-order chi connectivity index (χ0) is 12.8. The summed E-state index contributed by atoms with van der Waals surface area (Å²) in [5.41, 5.74) is 0.706. The van der Waals surface area contributed by atoms with E-state index in [0.717, 1.165) is 23.7 Å². The molecular formula is C13H23BrF2. The number of hydrogen-bond acceptors (Lipinski definition) is 0. The van der Waals surface area contributed by atoms with Crippen molar-refractivity contribution in [2.45, 2.75) is 59.5 Å². The van der Waals surface area contributed by atoms with Gasteiger partial charge >= 0.3 is 0 Å². The highest BCUT2D eigenvalue weighted by Gasteiger charge is 2.29. The van der Waals surface area contributed by atoms with Gasteiger partial charge in [-0.3, -0.25) is 0 Å². The lowest BCUT2D eigenvalue weighted by Crippen LogP contribution is -2.22. The first-order chi connectivity index (χ1) is 7.46. The fourth-order valence-electron chi connectivity index (χ4n) is 2.07. The Morgan fingerprint density at radius 2 is 1.62 bits per heavy atom. The van der Waals surface area contributed by atoms with E-state index < -0.39 is 12.8 Å². The van der Waals surface area contributed by atoms with Gasteiger partial charge in [0.1, 0.15) is 6.67 Å². The van der Waals surface area contributed by atoms with Crippen LogP contribution in [0.4, 0.5) is 8.78 Å². The molecule has 0 heterocycles. The monoisotopic (exact) mass is 296 g/mol. The molecule has 0 saturated carbocycles. The van der Waals surface area contributed by atoms with E-state index in [1.165, 1.54) is 0 Å². The molecule has 0 aliphatic heterocycles. The topological polar surface area (TPSA) is 0 Å². The SMILES string of the molecule is CCC(CC)(CC)C/C(=C(\C)Br)[C@H](F)CF.